The SMILES string of the molecule is COc1cc([C@H]2NC(=O)OCC2(F)F)c(OC)cc1Br.Cl. The molecular formula is C12H13BrClF2NO4. The molecule has 1 heterocycles. The standard InChI is InChI=1S/C12H12BrF2NO4.ClH/c1-18-8-4-7(13)9(19-2)3-6(8)10-12(14,15)5-20-11(17)16-10;/h3-4,10H,5H2,1-2H3,(H,16,17);1H/t10-;/m1./s1. The highest BCUT2D eigenvalue weighted by Crippen LogP contribution is 2.42. The maximum Gasteiger partial charge on any atom is 0.408 e. The minimum Gasteiger partial charge on any atom is -0.496 e. The third-order valence-corrected chi connectivity index (χ3v) is 3.52. The molecule has 5 nitrogen and oxygen atoms in total. The number of methoxy groups -OCH3 is 2. The van der Waals surface area contributed by atoms with Gasteiger partial charge < -0.3 is 19.5 Å². The molecule has 1 aliphatic heterocycles. The number of cyclic esters (lactones) is 1. The van der Waals surface area contributed by atoms with Crippen molar-refractivity contribution in [3.05, 3.63) is 22.2 Å². The van der Waals surface area contributed by atoms with Crippen LogP contribution in [0, 0.1) is 0 Å². The summed E-state index contributed by atoms with van der Waals surface area (Å²) in [5.74, 6) is -2.68. The fourth-order valence-electron chi connectivity index (χ4n) is 1.93. The average Bonchev–Trinajstić information content (AvgIpc) is 2.41. The summed E-state index contributed by atoms with van der Waals surface area (Å²) in [5, 5.41) is 2.11. The molecule has 2 rings (SSSR count). The second kappa shape index (κ2) is 6.65. The van der Waals surface area contributed by atoms with Gasteiger partial charge in [-0.3, -0.25) is 0 Å². The largest absolute Gasteiger partial charge is 0.496 e. The first-order valence-electron chi connectivity index (χ1n) is 5.61. The third-order valence-electron chi connectivity index (χ3n) is 2.90. The Kier molecular flexibility index (Phi) is 5.63. The number of nitrogens with one attached hydrogen (secondary N) is 1. The van der Waals surface area contributed by atoms with E-state index in [1.54, 1.807) is 0 Å². The molecule has 1 aromatic carbocycles. The van der Waals surface area contributed by atoms with Crippen molar-refractivity contribution in [3.8, 4) is 11.5 Å². The van der Waals surface area contributed by atoms with E-state index >= 15 is 0 Å². The number of benzene rings is 1. The summed E-state index contributed by atoms with van der Waals surface area (Å²) in [6.07, 6.45) is -0.898. The van der Waals surface area contributed by atoms with E-state index in [-0.39, 0.29) is 23.7 Å². The van der Waals surface area contributed by atoms with Crippen LogP contribution in [-0.2, 0) is 4.74 Å². The molecule has 9 heteroatoms. The molecule has 1 fully saturated rings. The van der Waals surface area contributed by atoms with Crippen LogP contribution in [0.25, 0.3) is 0 Å². The molecule has 0 unspecified atom stereocenters. The molecule has 1 aromatic rings. The van der Waals surface area contributed by atoms with Gasteiger partial charge in [0, 0.05) is 5.56 Å². The van der Waals surface area contributed by atoms with Crippen molar-refractivity contribution in [1.29, 1.82) is 0 Å². The molecule has 0 bridgehead atoms. The average molecular weight is 389 g/mol. The summed E-state index contributed by atoms with van der Waals surface area (Å²) in [7, 11) is 2.77. The normalized spacial score (nSPS) is 19.9. The van der Waals surface area contributed by atoms with Crippen molar-refractivity contribution in [1.82, 2.24) is 5.32 Å². The molecule has 0 radical (unpaired) electrons. The highest BCUT2D eigenvalue weighted by molar-refractivity contribution is 9.10. The van der Waals surface area contributed by atoms with Gasteiger partial charge in [-0.05, 0) is 28.1 Å². The summed E-state index contributed by atoms with van der Waals surface area (Å²) in [4.78, 5) is 11.2. The van der Waals surface area contributed by atoms with Gasteiger partial charge in [-0.15, -0.1) is 12.4 Å². The molecule has 1 aliphatic rings. The first-order valence-corrected chi connectivity index (χ1v) is 6.41. The van der Waals surface area contributed by atoms with Gasteiger partial charge in [0.15, 0.2) is 6.61 Å². The molecule has 1 atom stereocenters. The van der Waals surface area contributed by atoms with E-state index in [2.05, 4.69) is 26.0 Å². The molecule has 0 saturated carbocycles. The smallest absolute Gasteiger partial charge is 0.408 e. The molecule has 118 valence electrons. The van der Waals surface area contributed by atoms with Gasteiger partial charge >= 0.3 is 12.0 Å². The Morgan fingerprint density at radius 3 is 2.52 bits per heavy atom. The molecule has 1 saturated heterocycles. The quantitative estimate of drug-likeness (QED) is 0.863. The lowest BCUT2D eigenvalue weighted by molar-refractivity contribution is -0.104. The Labute approximate surface area is 134 Å². The zero-order valence-electron chi connectivity index (χ0n) is 11.1. The number of rotatable bonds is 3. The number of carbonyl (C=O) groups is 1. The van der Waals surface area contributed by atoms with Gasteiger partial charge in [0.1, 0.15) is 17.5 Å². The van der Waals surface area contributed by atoms with Crippen LogP contribution in [0.4, 0.5) is 13.6 Å². The van der Waals surface area contributed by atoms with Crippen molar-refractivity contribution < 1.29 is 27.8 Å². The van der Waals surface area contributed by atoms with Crippen LogP contribution in [-0.4, -0.2) is 32.8 Å². The first kappa shape index (κ1) is 17.8. The number of alkyl carbamates (subject to hydrolysis) is 1. The van der Waals surface area contributed by atoms with E-state index in [9.17, 15) is 13.6 Å². The number of amides is 1. The Balaban J connectivity index is 0.00000220. The fourth-order valence-corrected chi connectivity index (χ4v) is 2.41. The second-order valence-corrected chi connectivity index (χ2v) is 5.00. The Morgan fingerprint density at radius 1 is 1.33 bits per heavy atom. The van der Waals surface area contributed by atoms with Crippen molar-refractivity contribution in [2.45, 2.75) is 12.0 Å². The van der Waals surface area contributed by atoms with E-state index in [1.165, 1.54) is 26.4 Å². The van der Waals surface area contributed by atoms with Crippen LogP contribution in [0.2, 0.25) is 0 Å². The second-order valence-electron chi connectivity index (χ2n) is 4.14. The molecule has 1 N–H and O–H groups in total. The van der Waals surface area contributed by atoms with E-state index < -0.39 is 24.7 Å². The summed E-state index contributed by atoms with van der Waals surface area (Å²) in [6, 6.07) is 1.36. The van der Waals surface area contributed by atoms with E-state index in [4.69, 9.17) is 9.47 Å². The zero-order chi connectivity index (χ0) is 14.9. The Morgan fingerprint density at radius 2 is 1.95 bits per heavy atom. The number of ether oxygens (including phenoxy) is 3. The highest BCUT2D eigenvalue weighted by atomic mass is 79.9. The number of alkyl halides is 2. The van der Waals surface area contributed by atoms with Gasteiger partial charge in [0.25, 0.3) is 0 Å². The van der Waals surface area contributed by atoms with Gasteiger partial charge in [0.2, 0.25) is 0 Å². The van der Waals surface area contributed by atoms with E-state index in [0.717, 1.165) is 0 Å². The van der Waals surface area contributed by atoms with Gasteiger partial charge in [-0.1, -0.05) is 0 Å². The molecule has 0 aliphatic carbocycles. The topological polar surface area (TPSA) is 56.8 Å². The fraction of sp³-hybridized carbons (Fsp3) is 0.417. The summed E-state index contributed by atoms with van der Waals surface area (Å²) >= 11 is 3.24. The Bertz CT molecular complexity index is 544. The summed E-state index contributed by atoms with van der Waals surface area (Å²) < 4.78 is 42.9. The van der Waals surface area contributed by atoms with Crippen LogP contribution in [0.15, 0.2) is 16.6 Å². The predicted octanol–water partition coefficient (Wildman–Crippen LogP) is 3.30. The van der Waals surface area contributed by atoms with Gasteiger partial charge in [-0.2, -0.15) is 0 Å². The summed E-state index contributed by atoms with van der Waals surface area (Å²) in [6.45, 7) is -0.981. The summed E-state index contributed by atoms with van der Waals surface area (Å²) in [5.41, 5.74) is 0.120. The third kappa shape index (κ3) is 3.49. The minimum atomic E-state index is -3.25. The van der Waals surface area contributed by atoms with E-state index in [0.29, 0.717) is 10.2 Å². The van der Waals surface area contributed by atoms with Crippen LogP contribution >= 0.6 is 28.3 Å². The maximum absolute atomic E-state index is 13.9. The van der Waals surface area contributed by atoms with Crippen LogP contribution in [0.1, 0.15) is 11.6 Å². The minimum absolute atomic E-state index is 0. The maximum atomic E-state index is 13.9. The number of carbonyl (C=O) groups excluding carboxylic acids is 1. The van der Waals surface area contributed by atoms with Crippen molar-refractivity contribution in [2.75, 3.05) is 20.8 Å². The van der Waals surface area contributed by atoms with E-state index in [1.807, 2.05) is 0 Å². The van der Waals surface area contributed by atoms with Crippen LogP contribution in [0.3, 0.4) is 0 Å². The molecular weight excluding hydrogens is 375 g/mol. The van der Waals surface area contributed by atoms with Crippen molar-refractivity contribution in [3.63, 3.8) is 0 Å². The van der Waals surface area contributed by atoms with Crippen LogP contribution < -0.4 is 14.8 Å². The highest BCUT2D eigenvalue weighted by Gasteiger charge is 2.48. The van der Waals surface area contributed by atoms with Crippen molar-refractivity contribution in [2.24, 2.45) is 0 Å². The lowest BCUT2D eigenvalue weighted by atomic mass is 9.98. The first-order chi connectivity index (χ1) is 9.39. The predicted molar refractivity (Wildman–Crippen MR) is 76.7 cm³/mol. The molecule has 0 spiro atoms. The van der Waals surface area contributed by atoms with Gasteiger partial charge in [-0.25, -0.2) is 13.6 Å². The monoisotopic (exact) mass is 387 g/mol. The lowest BCUT2D eigenvalue weighted by Crippen LogP contribution is -2.49. The zero-order valence-corrected chi connectivity index (χ0v) is 13.5. The van der Waals surface area contributed by atoms with Gasteiger partial charge in [0.05, 0.1) is 18.7 Å². The van der Waals surface area contributed by atoms with Crippen molar-refractivity contribution >= 4 is 34.4 Å². The number of hydrogen-bond acceptors (Lipinski definition) is 4. The Hall–Kier alpha value is -1.28. The molecule has 1 amide bonds. The molecule has 21 heavy (non-hydrogen) atoms. The number of halogens is 4. The number of hydrogen-bond donors (Lipinski definition) is 1. The molecule has 0 aromatic heterocycles. The van der Waals surface area contributed by atoms with Crippen LogP contribution in [0.5, 0.6) is 11.5 Å². The lowest BCUT2D eigenvalue weighted by Gasteiger charge is -2.32.